The van der Waals surface area contributed by atoms with Crippen LogP contribution in [0.2, 0.25) is 0 Å². The first-order valence-corrected chi connectivity index (χ1v) is 6.71. The van der Waals surface area contributed by atoms with E-state index >= 15 is 0 Å². The lowest BCUT2D eigenvalue weighted by atomic mass is 10.1. The highest BCUT2D eigenvalue weighted by Crippen LogP contribution is 2.29. The van der Waals surface area contributed by atoms with Crippen LogP contribution >= 0.6 is 0 Å². The molecule has 0 aromatic heterocycles. The van der Waals surface area contributed by atoms with Gasteiger partial charge in [-0.15, -0.1) is 0 Å². The topological polar surface area (TPSA) is 29.5 Å². The van der Waals surface area contributed by atoms with Gasteiger partial charge in [0.25, 0.3) is 0 Å². The Hall–Kier alpha value is -1.35. The van der Waals surface area contributed by atoms with E-state index in [-0.39, 0.29) is 18.1 Å². The first-order valence-electron chi connectivity index (χ1n) is 6.71. The van der Waals surface area contributed by atoms with E-state index in [1.807, 2.05) is 25.1 Å². The Labute approximate surface area is 109 Å². The van der Waals surface area contributed by atoms with Crippen LogP contribution in [0.1, 0.15) is 38.3 Å². The molecule has 0 radical (unpaired) electrons. The Morgan fingerprint density at radius 1 is 1.44 bits per heavy atom. The fourth-order valence-corrected chi connectivity index (χ4v) is 2.67. The third-order valence-electron chi connectivity index (χ3n) is 3.63. The maximum Gasteiger partial charge on any atom is 0.323 e. The number of carbonyl (C=O) groups excluding carboxylic acids is 1. The molecule has 1 heterocycles. The van der Waals surface area contributed by atoms with Gasteiger partial charge in [0.05, 0.1) is 6.61 Å². The second-order valence-corrected chi connectivity index (χ2v) is 4.73. The molecular formula is C15H21NO2. The van der Waals surface area contributed by atoms with Crippen LogP contribution in [-0.4, -0.2) is 30.1 Å². The molecule has 0 bridgehead atoms. The van der Waals surface area contributed by atoms with E-state index in [1.54, 1.807) is 0 Å². The lowest BCUT2D eigenvalue weighted by Crippen LogP contribution is -2.38. The predicted octanol–water partition coefficient (Wildman–Crippen LogP) is 2.78. The summed E-state index contributed by atoms with van der Waals surface area (Å²) in [7, 11) is 0. The van der Waals surface area contributed by atoms with Crippen LogP contribution in [0.4, 0.5) is 0 Å². The van der Waals surface area contributed by atoms with Gasteiger partial charge in [0.15, 0.2) is 0 Å². The van der Waals surface area contributed by atoms with Gasteiger partial charge in [0, 0.05) is 6.04 Å². The lowest BCUT2D eigenvalue weighted by molar-refractivity contribution is -0.149. The van der Waals surface area contributed by atoms with Gasteiger partial charge in [-0.25, -0.2) is 0 Å². The summed E-state index contributed by atoms with van der Waals surface area (Å²) in [6, 6.07) is 10.5. The number of carbonyl (C=O) groups is 1. The molecule has 1 aromatic rings. The zero-order valence-corrected chi connectivity index (χ0v) is 11.1. The molecule has 0 spiro atoms. The van der Waals surface area contributed by atoms with Crippen LogP contribution in [-0.2, 0) is 9.53 Å². The van der Waals surface area contributed by atoms with Crippen LogP contribution < -0.4 is 0 Å². The van der Waals surface area contributed by atoms with Crippen molar-refractivity contribution < 1.29 is 9.53 Å². The number of hydrogen-bond acceptors (Lipinski definition) is 3. The largest absolute Gasteiger partial charge is 0.465 e. The second kappa shape index (κ2) is 6.01. The minimum atomic E-state index is -0.0715. The Bertz CT molecular complexity index is 391. The molecule has 0 amide bonds. The zero-order valence-electron chi connectivity index (χ0n) is 11.1. The molecule has 1 aliphatic heterocycles. The van der Waals surface area contributed by atoms with Crippen molar-refractivity contribution >= 4 is 5.97 Å². The van der Waals surface area contributed by atoms with Crippen LogP contribution in [0, 0.1) is 0 Å². The van der Waals surface area contributed by atoms with Crippen LogP contribution in [0.5, 0.6) is 0 Å². The normalized spacial score (nSPS) is 21.8. The molecule has 1 saturated heterocycles. The fraction of sp³-hybridized carbons (Fsp3) is 0.533. The molecule has 3 heteroatoms. The minimum absolute atomic E-state index is 0.0693. The average Bonchev–Trinajstić information content (AvgIpc) is 2.88. The number of nitrogens with zero attached hydrogens (tertiary/aromatic N) is 1. The van der Waals surface area contributed by atoms with Gasteiger partial charge < -0.3 is 4.74 Å². The van der Waals surface area contributed by atoms with Crippen LogP contribution in [0.25, 0.3) is 0 Å². The minimum Gasteiger partial charge on any atom is -0.465 e. The Kier molecular flexibility index (Phi) is 4.37. The van der Waals surface area contributed by atoms with Gasteiger partial charge in [-0.2, -0.15) is 0 Å². The summed E-state index contributed by atoms with van der Waals surface area (Å²) in [5.41, 5.74) is 1.26. The van der Waals surface area contributed by atoms with E-state index < -0.39 is 0 Å². The monoisotopic (exact) mass is 247 g/mol. The molecule has 1 aliphatic rings. The highest BCUT2D eigenvalue weighted by molar-refractivity contribution is 5.76. The first-order chi connectivity index (χ1) is 8.74. The van der Waals surface area contributed by atoms with Gasteiger partial charge in [0.2, 0.25) is 0 Å². The number of rotatable bonds is 4. The Morgan fingerprint density at radius 2 is 2.17 bits per heavy atom. The number of benzene rings is 1. The Balaban J connectivity index is 2.09. The smallest absolute Gasteiger partial charge is 0.323 e. The second-order valence-electron chi connectivity index (χ2n) is 4.73. The lowest BCUT2D eigenvalue weighted by Gasteiger charge is -2.29. The van der Waals surface area contributed by atoms with E-state index in [4.69, 9.17) is 4.74 Å². The molecule has 18 heavy (non-hydrogen) atoms. The maximum atomic E-state index is 11.9. The molecule has 0 N–H and O–H groups in total. The fourth-order valence-electron chi connectivity index (χ4n) is 2.67. The van der Waals surface area contributed by atoms with Crippen molar-refractivity contribution in [1.82, 2.24) is 4.90 Å². The van der Waals surface area contributed by atoms with Gasteiger partial charge >= 0.3 is 5.97 Å². The zero-order chi connectivity index (χ0) is 13.0. The van der Waals surface area contributed by atoms with Gasteiger partial charge in [-0.05, 0) is 38.8 Å². The maximum absolute atomic E-state index is 11.9. The third-order valence-corrected chi connectivity index (χ3v) is 3.63. The van der Waals surface area contributed by atoms with Crippen molar-refractivity contribution in [2.75, 3.05) is 13.2 Å². The standard InChI is InChI=1S/C15H21NO2/c1-3-18-15(17)14-10-7-11-16(14)12(2)13-8-5-4-6-9-13/h4-6,8-9,12,14H,3,7,10-11H2,1-2H3/t12-,14-/m1/s1. The third kappa shape index (κ3) is 2.72. The first kappa shape index (κ1) is 13.1. The molecule has 98 valence electrons. The highest BCUT2D eigenvalue weighted by atomic mass is 16.5. The number of esters is 1. The quantitative estimate of drug-likeness (QED) is 0.766. The summed E-state index contributed by atoms with van der Waals surface area (Å²) in [6.45, 7) is 5.45. The van der Waals surface area contributed by atoms with E-state index in [0.29, 0.717) is 6.61 Å². The molecular weight excluding hydrogens is 226 g/mol. The highest BCUT2D eigenvalue weighted by Gasteiger charge is 2.34. The number of likely N-dealkylation sites (tertiary alicyclic amines) is 1. The summed E-state index contributed by atoms with van der Waals surface area (Å²) >= 11 is 0. The summed E-state index contributed by atoms with van der Waals surface area (Å²) in [6.07, 6.45) is 1.98. The molecule has 0 saturated carbocycles. The number of ether oxygens (including phenoxy) is 1. The Morgan fingerprint density at radius 3 is 2.83 bits per heavy atom. The van der Waals surface area contributed by atoms with E-state index in [0.717, 1.165) is 19.4 Å². The van der Waals surface area contributed by atoms with E-state index in [1.165, 1.54) is 5.56 Å². The van der Waals surface area contributed by atoms with Gasteiger partial charge in [-0.1, -0.05) is 30.3 Å². The van der Waals surface area contributed by atoms with Gasteiger partial charge in [0.1, 0.15) is 6.04 Å². The summed E-state index contributed by atoms with van der Waals surface area (Å²) < 4.78 is 5.16. The van der Waals surface area contributed by atoms with Crippen molar-refractivity contribution in [3.63, 3.8) is 0 Å². The number of hydrogen-bond donors (Lipinski definition) is 0. The predicted molar refractivity (Wildman–Crippen MR) is 71.2 cm³/mol. The van der Waals surface area contributed by atoms with Crippen molar-refractivity contribution in [2.24, 2.45) is 0 Å². The summed E-state index contributed by atoms with van der Waals surface area (Å²) in [5.74, 6) is -0.0715. The van der Waals surface area contributed by atoms with Crippen molar-refractivity contribution in [1.29, 1.82) is 0 Å². The van der Waals surface area contributed by atoms with Crippen molar-refractivity contribution in [3.05, 3.63) is 35.9 Å². The molecule has 3 nitrogen and oxygen atoms in total. The molecule has 0 aliphatic carbocycles. The van der Waals surface area contributed by atoms with Crippen LogP contribution in [0.3, 0.4) is 0 Å². The molecule has 0 unspecified atom stereocenters. The van der Waals surface area contributed by atoms with Crippen molar-refractivity contribution in [3.8, 4) is 0 Å². The van der Waals surface area contributed by atoms with Crippen molar-refractivity contribution in [2.45, 2.75) is 38.8 Å². The molecule has 1 fully saturated rings. The summed E-state index contributed by atoms with van der Waals surface area (Å²) in [4.78, 5) is 14.2. The average molecular weight is 247 g/mol. The van der Waals surface area contributed by atoms with Gasteiger partial charge in [-0.3, -0.25) is 9.69 Å². The van der Waals surface area contributed by atoms with Crippen LogP contribution in [0.15, 0.2) is 30.3 Å². The SMILES string of the molecule is CCOC(=O)[C@H]1CCCN1[C@H](C)c1ccccc1. The molecule has 2 atom stereocenters. The van der Waals surface area contributed by atoms with E-state index in [9.17, 15) is 4.79 Å². The molecule has 2 rings (SSSR count). The molecule has 1 aromatic carbocycles. The summed E-state index contributed by atoms with van der Waals surface area (Å²) in [5, 5.41) is 0. The van der Waals surface area contributed by atoms with E-state index in [2.05, 4.69) is 24.0 Å².